The van der Waals surface area contributed by atoms with Crippen LogP contribution in [0.4, 0.5) is 5.69 Å². The molecule has 1 aliphatic carbocycles. The molecule has 2 fully saturated rings. The highest BCUT2D eigenvalue weighted by Gasteiger charge is 2.40. The highest BCUT2D eigenvalue weighted by Crippen LogP contribution is 2.35. The van der Waals surface area contributed by atoms with Crippen LogP contribution in [-0.2, 0) is 22.7 Å². The minimum absolute atomic E-state index is 0.0479. The fourth-order valence-corrected chi connectivity index (χ4v) is 5.56. The van der Waals surface area contributed by atoms with E-state index in [0.29, 0.717) is 30.7 Å². The minimum atomic E-state index is -0.537. The number of Topliss-reactive ketones (excluding diaryl/α,β-unsaturated/α-hetero) is 2. The predicted molar refractivity (Wildman–Crippen MR) is 131 cm³/mol. The van der Waals surface area contributed by atoms with Crippen molar-refractivity contribution in [3.05, 3.63) is 59.4 Å². The van der Waals surface area contributed by atoms with Crippen molar-refractivity contribution >= 4 is 34.1 Å². The van der Waals surface area contributed by atoms with Gasteiger partial charge in [0.25, 0.3) is 5.91 Å². The summed E-state index contributed by atoms with van der Waals surface area (Å²) in [5.41, 5.74) is 3.40. The first-order valence-corrected chi connectivity index (χ1v) is 12.4. The first-order valence-electron chi connectivity index (χ1n) is 12.4. The SMILES string of the molecule is O=C1CCC(N2Cc3c(OCc4cc5cc(N6CCCCC6)ccc5o4)cccc3C2=O)C(=O)C1. The largest absolute Gasteiger partial charge is 0.485 e. The second-order valence-electron chi connectivity index (χ2n) is 9.72. The van der Waals surface area contributed by atoms with Gasteiger partial charge in [-0.25, -0.2) is 0 Å². The van der Waals surface area contributed by atoms with Gasteiger partial charge in [0.2, 0.25) is 0 Å². The Hall–Kier alpha value is -3.61. The molecule has 7 nitrogen and oxygen atoms in total. The van der Waals surface area contributed by atoms with E-state index in [4.69, 9.17) is 9.15 Å². The van der Waals surface area contributed by atoms with Gasteiger partial charge in [-0.2, -0.15) is 0 Å². The maximum atomic E-state index is 13.0. The van der Waals surface area contributed by atoms with E-state index in [-0.39, 0.29) is 30.5 Å². The molecule has 1 saturated heterocycles. The third-order valence-corrected chi connectivity index (χ3v) is 7.41. The standard InChI is InChI=1S/C28H28N2O5/c31-20-8-9-24(25(32)15-20)30-16-23-22(28(30)33)5-4-6-27(23)34-17-21-14-18-13-19(7-10-26(18)35-21)29-11-2-1-3-12-29/h4-7,10,13-14,24H,1-3,8-9,11-12,15-17H2. The van der Waals surface area contributed by atoms with E-state index in [0.717, 1.165) is 35.4 Å². The van der Waals surface area contributed by atoms with E-state index in [1.54, 1.807) is 17.0 Å². The lowest BCUT2D eigenvalue weighted by Gasteiger charge is -2.29. The number of ketones is 2. The Morgan fingerprint density at radius 1 is 1.00 bits per heavy atom. The van der Waals surface area contributed by atoms with Gasteiger partial charge in [-0.3, -0.25) is 14.4 Å². The molecule has 0 bridgehead atoms. The lowest BCUT2D eigenvalue weighted by molar-refractivity contribution is -0.133. The average Bonchev–Trinajstić information content (AvgIpc) is 3.44. The lowest BCUT2D eigenvalue weighted by atomic mass is 9.92. The van der Waals surface area contributed by atoms with Gasteiger partial charge < -0.3 is 19.0 Å². The summed E-state index contributed by atoms with van der Waals surface area (Å²) >= 11 is 0. The molecular weight excluding hydrogens is 444 g/mol. The second kappa shape index (κ2) is 8.87. The Morgan fingerprint density at radius 3 is 2.69 bits per heavy atom. The molecule has 2 aliphatic heterocycles. The molecule has 180 valence electrons. The first kappa shape index (κ1) is 21.9. The summed E-state index contributed by atoms with van der Waals surface area (Å²) in [5, 5.41) is 1.05. The Labute approximate surface area is 203 Å². The smallest absolute Gasteiger partial charge is 0.255 e. The maximum Gasteiger partial charge on any atom is 0.255 e. The highest BCUT2D eigenvalue weighted by molar-refractivity contribution is 6.07. The van der Waals surface area contributed by atoms with Gasteiger partial charge in [-0.1, -0.05) is 6.07 Å². The van der Waals surface area contributed by atoms with E-state index in [1.807, 2.05) is 18.2 Å². The van der Waals surface area contributed by atoms with Crippen molar-refractivity contribution in [1.29, 1.82) is 0 Å². The molecule has 1 amide bonds. The number of nitrogens with zero attached hydrogens (tertiary/aromatic N) is 2. The third-order valence-electron chi connectivity index (χ3n) is 7.41. The number of fused-ring (bicyclic) bond motifs is 2. The fraction of sp³-hybridized carbons (Fsp3) is 0.393. The average molecular weight is 473 g/mol. The molecule has 3 aliphatic rings. The molecule has 1 saturated carbocycles. The monoisotopic (exact) mass is 472 g/mol. The van der Waals surface area contributed by atoms with Crippen molar-refractivity contribution in [2.75, 3.05) is 18.0 Å². The van der Waals surface area contributed by atoms with Gasteiger partial charge in [0.15, 0.2) is 5.78 Å². The molecule has 3 heterocycles. The summed E-state index contributed by atoms with van der Waals surface area (Å²) in [6.45, 7) is 2.75. The van der Waals surface area contributed by atoms with Gasteiger partial charge >= 0.3 is 0 Å². The first-order chi connectivity index (χ1) is 17.1. The number of ether oxygens (including phenoxy) is 1. The number of carbonyl (C=O) groups is 3. The number of hydrogen-bond donors (Lipinski definition) is 0. The Morgan fingerprint density at radius 2 is 1.86 bits per heavy atom. The predicted octanol–water partition coefficient (Wildman–Crippen LogP) is 4.65. The summed E-state index contributed by atoms with van der Waals surface area (Å²) in [7, 11) is 0. The van der Waals surface area contributed by atoms with Crippen molar-refractivity contribution < 1.29 is 23.5 Å². The van der Waals surface area contributed by atoms with Gasteiger partial charge in [0, 0.05) is 41.7 Å². The molecule has 3 aromatic rings. The van der Waals surface area contributed by atoms with Crippen molar-refractivity contribution in [1.82, 2.24) is 4.90 Å². The number of benzene rings is 2. The number of amides is 1. The van der Waals surface area contributed by atoms with Crippen LogP contribution in [0, 0.1) is 0 Å². The van der Waals surface area contributed by atoms with Gasteiger partial charge in [-0.15, -0.1) is 0 Å². The van der Waals surface area contributed by atoms with Crippen molar-refractivity contribution in [2.24, 2.45) is 0 Å². The van der Waals surface area contributed by atoms with E-state index in [2.05, 4.69) is 17.0 Å². The highest BCUT2D eigenvalue weighted by atomic mass is 16.5. The summed E-state index contributed by atoms with van der Waals surface area (Å²) in [6, 6.07) is 13.2. The van der Waals surface area contributed by atoms with E-state index >= 15 is 0 Å². The van der Waals surface area contributed by atoms with Crippen LogP contribution < -0.4 is 9.64 Å². The van der Waals surface area contributed by atoms with Crippen LogP contribution in [0.1, 0.15) is 60.2 Å². The second-order valence-corrected chi connectivity index (χ2v) is 9.72. The molecule has 1 unspecified atom stereocenters. The Bertz CT molecular complexity index is 1320. The van der Waals surface area contributed by atoms with E-state index < -0.39 is 6.04 Å². The third kappa shape index (κ3) is 4.09. The van der Waals surface area contributed by atoms with E-state index in [1.165, 1.54) is 24.9 Å². The van der Waals surface area contributed by atoms with Crippen molar-refractivity contribution in [2.45, 2.75) is 57.7 Å². The molecule has 7 heteroatoms. The summed E-state index contributed by atoms with van der Waals surface area (Å²) in [4.78, 5) is 41.1. The molecule has 6 rings (SSSR count). The fourth-order valence-electron chi connectivity index (χ4n) is 5.56. The van der Waals surface area contributed by atoms with Crippen LogP contribution in [0.5, 0.6) is 5.75 Å². The Kier molecular flexibility index (Phi) is 5.55. The summed E-state index contributed by atoms with van der Waals surface area (Å²) in [6.07, 6.45) is 4.42. The van der Waals surface area contributed by atoms with Crippen LogP contribution in [0.25, 0.3) is 11.0 Å². The lowest BCUT2D eigenvalue weighted by Crippen LogP contribution is -2.44. The summed E-state index contributed by atoms with van der Waals surface area (Å²) in [5.74, 6) is 0.944. The van der Waals surface area contributed by atoms with Crippen LogP contribution in [0.15, 0.2) is 46.9 Å². The zero-order valence-corrected chi connectivity index (χ0v) is 19.6. The van der Waals surface area contributed by atoms with Gasteiger partial charge in [0.1, 0.15) is 29.5 Å². The number of hydrogen-bond acceptors (Lipinski definition) is 6. The molecule has 35 heavy (non-hydrogen) atoms. The van der Waals surface area contributed by atoms with Crippen molar-refractivity contribution in [3.63, 3.8) is 0 Å². The Balaban J connectivity index is 1.18. The van der Waals surface area contributed by atoms with Crippen LogP contribution in [-0.4, -0.2) is 41.5 Å². The molecule has 0 radical (unpaired) electrons. The quantitative estimate of drug-likeness (QED) is 0.503. The number of rotatable bonds is 5. The van der Waals surface area contributed by atoms with E-state index in [9.17, 15) is 14.4 Å². The van der Waals surface area contributed by atoms with Crippen LogP contribution >= 0.6 is 0 Å². The van der Waals surface area contributed by atoms with Crippen LogP contribution in [0.3, 0.4) is 0 Å². The molecule has 1 aromatic heterocycles. The maximum absolute atomic E-state index is 13.0. The van der Waals surface area contributed by atoms with Crippen molar-refractivity contribution in [3.8, 4) is 5.75 Å². The van der Waals surface area contributed by atoms with Gasteiger partial charge in [-0.05, 0) is 62.1 Å². The minimum Gasteiger partial charge on any atom is -0.485 e. The number of carbonyl (C=O) groups excluding carboxylic acids is 3. The van der Waals surface area contributed by atoms with Gasteiger partial charge in [0.05, 0.1) is 19.0 Å². The molecule has 0 spiro atoms. The number of anilines is 1. The molecular formula is C28H28N2O5. The molecule has 2 aromatic carbocycles. The normalized spacial score (nSPS) is 20.6. The summed E-state index contributed by atoms with van der Waals surface area (Å²) < 4.78 is 12.1. The zero-order chi connectivity index (χ0) is 23.9. The number of piperidine rings is 1. The molecule has 1 atom stereocenters. The molecule has 0 N–H and O–H groups in total. The number of furan rings is 1. The zero-order valence-electron chi connectivity index (χ0n) is 19.6. The topological polar surface area (TPSA) is 80.1 Å². The van der Waals surface area contributed by atoms with Crippen LogP contribution in [0.2, 0.25) is 0 Å².